The number of carbonyl (C=O) groups is 2. The Bertz CT molecular complexity index is 1090. The van der Waals surface area contributed by atoms with Gasteiger partial charge in [-0.3, -0.25) is 9.59 Å². The van der Waals surface area contributed by atoms with Gasteiger partial charge < -0.3 is 25.2 Å². The van der Waals surface area contributed by atoms with Crippen molar-refractivity contribution in [2.45, 2.75) is 30.6 Å². The third kappa shape index (κ3) is 7.52. The van der Waals surface area contributed by atoms with E-state index in [0.717, 1.165) is 36.2 Å². The van der Waals surface area contributed by atoms with Crippen molar-refractivity contribution >= 4 is 11.8 Å². The Morgan fingerprint density at radius 1 is 1.03 bits per heavy atom. The van der Waals surface area contributed by atoms with Crippen LogP contribution in [0.1, 0.15) is 33.8 Å². The molecule has 0 radical (unpaired) electrons. The Morgan fingerprint density at radius 2 is 1.68 bits per heavy atom. The van der Waals surface area contributed by atoms with Crippen LogP contribution in [0.25, 0.3) is 0 Å². The molecule has 1 aliphatic heterocycles. The van der Waals surface area contributed by atoms with Gasteiger partial charge in [0.05, 0.1) is 18.8 Å². The summed E-state index contributed by atoms with van der Waals surface area (Å²) in [7, 11) is 1.96. The minimum atomic E-state index is -4.50. The summed E-state index contributed by atoms with van der Waals surface area (Å²) in [5.74, 6) is -0.874. The lowest BCUT2D eigenvalue weighted by Gasteiger charge is -2.34. The molecule has 206 valence electrons. The molecule has 2 amide bonds. The highest BCUT2D eigenvalue weighted by molar-refractivity contribution is 5.97. The molecular formula is C27H32F4N4O3. The number of rotatable bonds is 10. The normalized spacial score (nSPS) is 20.7. The zero-order valence-electron chi connectivity index (χ0n) is 21.1. The van der Waals surface area contributed by atoms with Gasteiger partial charge in [0.1, 0.15) is 11.9 Å². The molecule has 7 nitrogen and oxygen atoms in total. The number of carbonyl (C=O) groups excluding carboxylic acids is 2. The monoisotopic (exact) mass is 536 g/mol. The fraction of sp³-hybridized carbons (Fsp3) is 0.481. The second-order valence-electron chi connectivity index (χ2n) is 9.76. The van der Waals surface area contributed by atoms with Crippen LogP contribution in [0.5, 0.6) is 0 Å². The van der Waals surface area contributed by atoms with Gasteiger partial charge >= 0.3 is 6.18 Å². The number of hydrogen-bond donors (Lipinski definition) is 2. The molecule has 1 saturated carbocycles. The molecule has 1 heterocycles. The number of likely N-dealkylation sites (N-methyl/N-ethyl adjacent to an activating group) is 1. The van der Waals surface area contributed by atoms with Crippen LogP contribution in [-0.4, -0.2) is 86.7 Å². The van der Waals surface area contributed by atoms with Gasteiger partial charge in [0.25, 0.3) is 5.91 Å². The average molecular weight is 537 g/mol. The first-order chi connectivity index (χ1) is 18.1. The average Bonchev–Trinajstić information content (AvgIpc) is 3.67. The topological polar surface area (TPSA) is 73.9 Å². The molecule has 1 aliphatic carbocycles. The number of ether oxygens (including phenoxy) is 1. The van der Waals surface area contributed by atoms with Crippen molar-refractivity contribution in [3.63, 3.8) is 0 Å². The summed E-state index contributed by atoms with van der Waals surface area (Å²) in [6.07, 6.45) is -3.56. The molecule has 1 unspecified atom stereocenters. The van der Waals surface area contributed by atoms with E-state index in [4.69, 9.17) is 4.74 Å². The Balaban J connectivity index is 1.29. The van der Waals surface area contributed by atoms with Gasteiger partial charge in [-0.05, 0) is 55.4 Å². The molecule has 4 rings (SSSR count). The fourth-order valence-corrected chi connectivity index (χ4v) is 4.49. The van der Waals surface area contributed by atoms with Crippen molar-refractivity contribution in [2.24, 2.45) is 0 Å². The molecular weight excluding hydrogens is 504 g/mol. The van der Waals surface area contributed by atoms with Gasteiger partial charge in [-0.2, -0.15) is 13.2 Å². The summed E-state index contributed by atoms with van der Waals surface area (Å²) in [4.78, 5) is 29.7. The smallest absolute Gasteiger partial charge is 0.377 e. The van der Waals surface area contributed by atoms with Crippen LogP contribution in [0.3, 0.4) is 0 Å². The number of piperazine rings is 1. The maximum atomic E-state index is 13.2. The van der Waals surface area contributed by atoms with E-state index < -0.39 is 23.7 Å². The lowest BCUT2D eigenvalue weighted by molar-refractivity contribution is -0.137. The summed E-state index contributed by atoms with van der Waals surface area (Å²) in [5, 5.41) is 6.02. The van der Waals surface area contributed by atoms with E-state index in [1.54, 1.807) is 17.0 Å². The van der Waals surface area contributed by atoms with Crippen LogP contribution in [-0.2, 0) is 15.7 Å². The summed E-state index contributed by atoms with van der Waals surface area (Å²) >= 11 is 0. The van der Waals surface area contributed by atoms with Gasteiger partial charge in [0, 0.05) is 50.2 Å². The maximum Gasteiger partial charge on any atom is 0.416 e. The molecule has 0 spiro atoms. The largest absolute Gasteiger partial charge is 0.416 e. The van der Waals surface area contributed by atoms with E-state index in [9.17, 15) is 27.2 Å². The molecule has 0 bridgehead atoms. The molecule has 1 saturated heterocycles. The van der Waals surface area contributed by atoms with Crippen LogP contribution >= 0.6 is 0 Å². The van der Waals surface area contributed by atoms with Gasteiger partial charge in [-0.25, -0.2) is 4.39 Å². The van der Waals surface area contributed by atoms with E-state index >= 15 is 0 Å². The lowest BCUT2D eigenvalue weighted by atomic mass is 10.1. The fourth-order valence-electron chi connectivity index (χ4n) is 4.49. The lowest BCUT2D eigenvalue weighted by Crippen LogP contribution is -2.55. The van der Waals surface area contributed by atoms with E-state index in [1.165, 1.54) is 12.1 Å². The van der Waals surface area contributed by atoms with E-state index in [-0.39, 0.29) is 29.9 Å². The highest BCUT2D eigenvalue weighted by Crippen LogP contribution is 2.40. The second-order valence-corrected chi connectivity index (χ2v) is 9.76. The number of nitrogens with one attached hydrogen (secondary N) is 2. The summed E-state index contributed by atoms with van der Waals surface area (Å²) in [5.41, 5.74) is 0.248. The standard InChI is InChI=1S/C27H32F4N4O3/c1-34-11-13-35(14-12-34)26(37)24(33-25(36)19-2-6-20(7-3-19)27(29,30)31)17-38-15-10-32-23-16-22(23)18-4-8-21(28)9-5-18/h2-9,22-24,32H,10-17H2,1H3,(H,33,36)/t22-,23?,24-/m0/s1. The number of hydrogen-bond acceptors (Lipinski definition) is 5. The Labute approximate surface area is 219 Å². The molecule has 38 heavy (non-hydrogen) atoms. The summed E-state index contributed by atoms with van der Waals surface area (Å²) in [6.45, 7) is 3.19. The number of alkyl halides is 3. The Hall–Kier alpha value is -3.02. The molecule has 3 atom stereocenters. The first-order valence-electron chi connectivity index (χ1n) is 12.6. The highest BCUT2D eigenvalue weighted by atomic mass is 19.4. The number of amides is 2. The van der Waals surface area contributed by atoms with Crippen molar-refractivity contribution < 1.29 is 31.9 Å². The predicted octanol–water partition coefficient (Wildman–Crippen LogP) is 2.88. The minimum Gasteiger partial charge on any atom is -0.377 e. The van der Waals surface area contributed by atoms with E-state index in [0.29, 0.717) is 45.2 Å². The molecule has 2 N–H and O–H groups in total. The zero-order valence-corrected chi connectivity index (χ0v) is 21.1. The van der Waals surface area contributed by atoms with Crippen LogP contribution in [0.4, 0.5) is 17.6 Å². The third-order valence-corrected chi connectivity index (χ3v) is 6.92. The van der Waals surface area contributed by atoms with E-state index in [2.05, 4.69) is 15.5 Å². The Morgan fingerprint density at radius 3 is 2.32 bits per heavy atom. The first kappa shape index (κ1) is 28.0. The van der Waals surface area contributed by atoms with Crippen LogP contribution in [0, 0.1) is 5.82 Å². The number of benzene rings is 2. The quantitative estimate of drug-likeness (QED) is 0.361. The minimum absolute atomic E-state index is 0.0245. The second kappa shape index (κ2) is 12.2. The van der Waals surface area contributed by atoms with Gasteiger partial charge in [-0.15, -0.1) is 0 Å². The SMILES string of the molecule is CN1CCN(C(=O)[C@H](COCCNC2C[C@H]2c2ccc(F)cc2)NC(=O)c2ccc(C(F)(F)F)cc2)CC1. The predicted molar refractivity (Wildman–Crippen MR) is 133 cm³/mol. The Kier molecular flexibility index (Phi) is 9.01. The van der Waals surface area contributed by atoms with Gasteiger partial charge in [-0.1, -0.05) is 12.1 Å². The van der Waals surface area contributed by atoms with Crippen molar-refractivity contribution in [2.75, 3.05) is 53.0 Å². The third-order valence-electron chi connectivity index (χ3n) is 6.92. The molecule has 2 aliphatic rings. The first-order valence-corrected chi connectivity index (χ1v) is 12.6. The molecule has 11 heteroatoms. The van der Waals surface area contributed by atoms with Crippen LogP contribution in [0.2, 0.25) is 0 Å². The van der Waals surface area contributed by atoms with Gasteiger partial charge in [0.2, 0.25) is 5.91 Å². The molecule has 2 aromatic carbocycles. The number of nitrogens with zero attached hydrogens (tertiary/aromatic N) is 2. The van der Waals surface area contributed by atoms with Crippen molar-refractivity contribution in [1.29, 1.82) is 0 Å². The van der Waals surface area contributed by atoms with Crippen LogP contribution in [0.15, 0.2) is 48.5 Å². The highest BCUT2D eigenvalue weighted by Gasteiger charge is 2.37. The maximum absolute atomic E-state index is 13.2. The summed E-state index contributed by atoms with van der Waals surface area (Å²) in [6, 6.07) is 9.62. The van der Waals surface area contributed by atoms with E-state index in [1.807, 2.05) is 7.05 Å². The number of halogens is 4. The zero-order chi connectivity index (χ0) is 27.3. The van der Waals surface area contributed by atoms with Crippen molar-refractivity contribution in [3.05, 3.63) is 71.0 Å². The van der Waals surface area contributed by atoms with Crippen molar-refractivity contribution in [1.82, 2.24) is 20.4 Å². The molecule has 0 aromatic heterocycles. The summed E-state index contributed by atoms with van der Waals surface area (Å²) < 4.78 is 57.4. The molecule has 2 fully saturated rings. The van der Waals surface area contributed by atoms with Gasteiger partial charge in [0.15, 0.2) is 0 Å². The van der Waals surface area contributed by atoms with Crippen molar-refractivity contribution in [3.8, 4) is 0 Å². The van der Waals surface area contributed by atoms with Crippen LogP contribution < -0.4 is 10.6 Å². The molecule has 2 aromatic rings.